The summed E-state index contributed by atoms with van der Waals surface area (Å²) in [5.74, 6) is 0. The zero-order valence-corrected chi connectivity index (χ0v) is 14.1. The zero-order valence-electron chi connectivity index (χ0n) is 11.8. The van der Waals surface area contributed by atoms with Crippen molar-refractivity contribution in [3.8, 4) is 0 Å². The lowest BCUT2D eigenvalue weighted by Gasteiger charge is -2.19. The molecule has 0 amide bonds. The number of nitrogens with one attached hydrogen (secondary N) is 1. The van der Waals surface area contributed by atoms with Crippen molar-refractivity contribution >= 4 is 44.8 Å². The third kappa shape index (κ3) is 4.31. The second-order valence-corrected chi connectivity index (χ2v) is 7.55. The van der Waals surface area contributed by atoms with Crippen LogP contribution in [0.3, 0.4) is 0 Å². The van der Waals surface area contributed by atoms with Crippen LogP contribution in [0.25, 0.3) is 10.8 Å². The fraction of sp³-hybridized carbons (Fsp3) is 0.286. The lowest BCUT2D eigenvalue weighted by Crippen LogP contribution is -2.45. The minimum Gasteiger partial charge on any atom is -0.324 e. The topological polar surface area (TPSA) is 72.2 Å². The van der Waals surface area contributed by atoms with Crippen LogP contribution in [0, 0.1) is 0 Å². The van der Waals surface area contributed by atoms with Crippen LogP contribution in [0.1, 0.15) is 13.8 Å². The van der Waals surface area contributed by atoms with Gasteiger partial charge in [-0.3, -0.25) is 0 Å². The van der Waals surface area contributed by atoms with Crippen molar-refractivity contribution in [2.45, 2.75) is 24.3 Å². The van der Waals surface area contributed by atoms with Crippen molar-refractivity contribution in [2.75, 3.05) is 6.54 Å². The quantitative estimate of drug-likeness (QED) is 0.891. The van der Waals surface area contributed by atoms with Gasteiger partial charge in [0, 0.05) is 27.9 Å². The van der Waals surface area contributed by atoms with Gasteiger partial charge in [0.15, 0.2) is 0 Å². The predicted molar refractivity (Wildman–Crippen MR) is 89.7 cm³/mol. The molecule has 2 rings (SSSR count). The van der Waals surface area contributed by atoms with E-state index < -0.39 is 15.6 Å². The maximum absolute atomic E-state index is 12.4. The number of hydrogen-bond acceptors (Lipinski definition) is 3. The van der Waals surface area contributed by atoms with Crippen molar-refractivity contribution in [2.24, 2.45) is 5.73 Å². The molecule has 0 bridgehead atoms. The Bertz CT molecular complexity index is 740. The van der Waals surface area contributed by atoms with Gasteiger partial charge in [-0.25, -0.2) is 13.1 Å². The molecule has 0 aliphatic carbocycles. The molecule has 0 heterocycles. The molecule has 0 saturated carbocycles. The van der Waals surface area contributed by atoms with E-state index in [0.717, 1.165) is 0 Å². The Labute approximate surface area is 136 Å². The number of sulfonamides is 1. The molecule has 0 aromatic heterocycles. The lowest BCUT2D eigenvalue weighted by molar-refractivity contribution is 0.498. The Balaban J connectivity index is 0.00000220. The maximum Gasteiger partial charge on any atom is 0.241 e. The molecule has 2 aromatic carbocycles. The highest BCUT2D eigenvalue weighted by atomic mass is 35.5. The van der Waals surface area contributed by atoms with Crippen molar-refractivity contribution < 1.29 is 8.42 Å². The smallest absolute Gasteiger partial charge is 0.241 e. The van der Waals surface area contributed by atoms with E-state index in [2.05, 4.69) is 4.72 Å². The second-order valence-electron chi connectivity index (χ2n) is 5.40. The largest absolute Gasteiger partial charge is 0.324 e. The standard InChI is InChI=1S/C14H17ClN2O2S.ClH/c1-14(2,16)9-17-20(18,19)13-8-7-12(15)10-5-3-4-6-11(10)13;/h3-8,17H,9,16H2,1-2H3;1H. The Kier molecular flexibility index (Phi) is 5.63. The van der Waals surface area contributed by atoms with Gasteiger partial charge in [-0.1, -0.05) is 35.9 Å². The van der Waals surface area contributed by atoms with Gasteiger partial charge in [0.05, 0.1) is 4.90 Å². The van der Waals surface area contributed by atoms with Gasteiger partial charge in [0.25, 0.3) is 0 Å². The first-order valence-electron chi connectivity index (χ1n) is 6.16. The molecule has 0 radical (unpaired) electrons. The van der Waals surface area contributed by atoms with E-state index in [4.69, 9.17) is 17.3 Å². The summed E-state index contributed by atoms with van der Waals surface area (Å²) in [6.45, 7) is 3.68. The molecule has 0 aliphatic rings. The predicted octanol–water partition coefficient (Wildman–Crippen LogP) is 2.93. The first-order chi connectivity index (χ1) is 9.21. The fourth-order valence-electron chi connectivity index (χ4n) is 1.83. The molecule has 21 heavy (non-hydrogen) atoms. The molecular formula is C14H18Cl2N2O2S. The highest BCUT2D eigenvalue weighted by Gasteiger charge is 2.21. The normalized spacial score (nSPS) is 12.2. The molecule has 0 fully saturated rings. The number of halogens is 2. The summed E-state index contributed by atoms with van der Waals surface area (Å²) in [6, 6.07) is 10.2. The van der Waals surface area contributed by atoms with Crippen LogP contribution in [-0.4, -0.2) is 20.5 Å². The molecule has 4 nitrogen and oxygen atoms in total. The summed E-state index contributed by atoms with van der Waals surface area (Å²) >= 11 is 6.09. The third-order valence-corrected chi connectivity index (χ3v) is 4.63. The van der Waals surface area contributed by atoms with Crippen LogP contribution in [0.2, 0.25) is 5.02 Å². The van der Waals surface area contributed by atoms with E-state index >= 15 is 0 Å². The van der Waals surface area contributed by atoms with Crippen LogP contribution < -0.4 is 10.5 Å². The first kappa shape index (κ1) is 18.2. The summed E-state index contributed by atoms with van der Waals surface area (Å²) in [5, 5.41) is 1.84. The molecule has 0 spiro atoms. The van der Waals surface area contributed by atoms with E-state index in [1.165, 1.54) is 6.07 Å². The third-order valence-electron chi connectivity index (χ3n) is 2.84. The van der Waals surface area contributed by atoms with Crippen LogP contribution in [0.15, 0.2) is 41.3 Å². The van der Waals surface area contributed by atoms with Gasteiger partial charge in [0.2, 0.25) is 10.0 Å². The minimum absolute atomic E-state index is 0. The van der Waals surface area contributed by atoms with Crippen LogP contribution >= 0.6 is 24.0 Å². The number of rotatable bonds is 4. The Hall–Kier alpha value is -0.850. The molecule has 3 N–H and O–H groups in total. The molecule has 0 atom stereocenters. The molecular weight excluding hydrogens is 331 g/mol. The molecule has 0 unspecified atom stereocenters. The number of hydrogen-bond donors (Lipinski definition) is 2. The number of nitrogens with two attached hydrogens (primary N) is 1. The summed E-state index contributed by atoms with van der Waals surface area (Å²) in [7, 11) is -3.63. The van der Waals surface area contributed by atoms with Crippen molar-refractivity contribution in [1.82, 2.24) is 4.72 Å². The number of fused-ring (bicyclic) bond motifs is 1. The van der Waals surface area contributed by atoms with Crippen molar-refractivity contribution in [3.05, 3.63) is 41.4 Å². The van der Waals surface area contributed by atoms with Crippen molar-refractivity contribution in [3.63, 3.8) is 0 Å². The average Bonchev–Trinajstić information content (AvgIpc) is 2.36. The van der Waals surface area contributed by atoms with E-state index in [-0.39, 0.29) is 23.8 Å². The monoisotopic (exact) mass is 348 g/mol. The van der Waals surface area contributed by atoms with Crippen molar-refractivity contribution in [1.29, 1.82) is 0 Å². The molecule has 0 aliphatic heterocycles. The van der Waals surface area contributed by atoms with Crippen LogP contribution in [0.4, 0.5) is 0 Å². The zero-order chi connectivity index (χ0) is 15.0. The molecule has 7 heteroatoms. The van der Waals surface area contributed by atoms with Gasteiger partial charge in [-0.05, 0) is 26.0 Å². The summed E-state index contributed by atoms with van der Waals surface area (Å²) in [6.07, 6.45) is 0. The maximum atomic E-state index is 12.4. The Morgan fingerprint density at radius 3 is 2.29 bits per heavy atom. The minimum atomic E-state index is -3.63. The van der Waals surface area contributed by atoms with Gasteiger partial charge in [-0.15, -0.1) is 12.4 Å². The van der Waals surface area contributed by atoms with Gasteiger partial charge in [0.1, 0.15) is 0 Å². The summed E-state index contributed by atoms with van der Waals surface area (Å²) in [5.41, 5.74) is 5.19. The van der Waals surface area contributed by atoms with Crippen LogP contribution in [-0.2, 0) is 10.0 Å². The van der Waals surface area contributed by atoms with Gasteiger partial charge < -0.3 is 5.73 Å². The first-order valence-corrected chi connectivity index (χ1v) is 8.03. The van der Waals surface area contributed by atoms with E-state index in [9.17, 15) is 8.42 Å². The van der Waals surface area contributed by atoms with Crippen LogP contribution in [0.5, 0.6) is 0 Å². The van der Waals surface area contributed by atoms with Gasteiger partial charge in [-0.2, -0.15) is 0 Å². The highest BCUT2D eigenvalue weighted by molar-refractivity contribution is 7.89. The average molecular weight is 349 g/mol. The lowest BCUT2D eigenvalue weighted by atomic mass is 10.1. The second kappa shape index (κ2) is 6.50. The summed E-state index contributed by atoms with van der Waals surface area (Å²) in [4.78, 5) is 0.210. The van der Waals surface area contributed by atoms with E-state index in [1.807, 2.05) is 6.07 Å². The Morgan fingerprint density at radius 2 is 1.71 bits per heavy atom. The SMILES string of the molecule is CC(C)(N)CNS(=O)(=O)c1ccc(Cl)c2ccccc12.Cl. The van der Waals surface area contributed by atoms with E-state index in [0.29, 0.717) is 15.8 Å². The van der Waals surface area contributed by atoms with E-state index in [1.54, 1.807) is 38.1 Å². The molecule has 116 valence electrons. The number of benzene rings is 2. The fourth-order valence-corrected chi connectivity index (χ4v) is 3.49. The Morgan fingerprint density at radius 1 is 1.14 bits per heavy atom. The summed E-state index contributed by atoms with van der Waals surface area (Å²) < 4.78 is 27.3. The van der Waals surface area contributed by atoms with Gasteiger partial charge >= 0.3 is 0 Å². The highest BCUT2D eigenvalue weighted by Crippen LogP contribution is 2.29. The molecule has 0 saturated heterocycles. The molecule has 2 aromatic rings.